The fraction of sp³-hybridized carbons (Fsp3) is 0.125. The SMILES string of the molecule is Cc1ccc(NC(=O)COC(=O)c2ccccc2Br)c(Br)c1. The number of carbonyl (C=O) groups excluding carboxylic acids is 2. The Hall–Kier alpha value is -1.66. The number of esters is 1. The molecule has 22 heavy (non-hydrogen) atoms. The van der Waals surface area contributed by atoms with Crippen LogP contribution < -0.4 is 5.32 Å². The summed E-state index contributed by atoms with van der Waals surface area (Å²) >= 11 is 6.64. The second kappa shape index (κ2) is 7.56. The van der Waals surface area contributed by atoms with Crippen molar-refractivity contribution in [1.82, 2.24) is 0 Å². The Morgan fingerprint density at radius 3 is 2.50 bits per heavy atom. The summed E-state index contributed by atoms with van der Waals surface area (Å²) in [6.07, 6.45) is 0. The van der Waals surface area contributed by atoms with Crippen LogP contribution in [0.1, 0.15) is 15.9 Å². The second-order valence-electron chi connectivity index (χ2n) is 4.59. The highest BCUT2D eigenvalue weighted by atomic mass is 79.9. The number of carbonyl (C=O) groups is 2. The van der Waals surface area contributed by atoms with Gasteiger partial charge in [-0.25, -0.2) is 4.79 Å². The van der Waals surface area contributed by atoms with Crippen molar-refractivity contribution in [3.63, 3.8) is 0 Å². The number of nitrogens with one attached hydrogen (secondary N) is 1. The number of amides is 1. The Labute approximate surface area is 145 Å². The molecule has 114 valence electrons. The van der Waals surface area contributed by atoms with E-state index in [1.54, 1.807) is 30.3 Å². The van der Waals surface area contributed by atoms with Crippen molar-refractivity contribution in [2.24, 2.45) is 0 Å². The van der Waals surface area contributed by atoms with Gasteiger partial charge in [-0.2, -0.15) is 0 Å². The average Bonchev–Trinajstić information content (AvgIpc) is 2.48. The highest BCUT2D eigenvalue weighted by molar-refractivity contribution is 9.11. The Morgan fingerprint density at radius 2 is 1.82 bits per heavy atom. The van der Waals surface area contributed by atoms with E-state index in [0.717, 1.165) is 10.0 Å². The van der Waals surface area contributed by atoms with Gasteiger partial charge in [0.25, 0.3) is 5.91 Å². The van der Waals surface area contributed by atoms with Gasteiger partial charge in [0, 0.05) is 8.95 Å². The van der Waals surface area contributed by atoms with E-state index in [1.807, 2.05) is 19.1 Å². The maximum atomic E-state index is 11.9. The van der Waals surface area contributed by atoms with Crippen LogP contribution in [0, 0.1) is 6.92 Å². The van der Waals surface area contributed by atoms with Crippen LogP contribution in [0.2, 0.25) is 0 Å². The summed E-state index contributed by atoms with van der Waals surface area (Å²) in [5.41, 5.74) is 2.09. The first kappa shape index (κ1) is 16.7. The van der Waals surface area contributed by atoms with Gasteiger partial charge in [-0.1, -0.05) is 18.2 Å². The zero-order chi connectivity index (χ0) is 16.1. The summed E-state index contributed by atoms with van der Waals surface area (Å²) < 4.78 is 6.41. The van der Waals surface area contributed by atoms with Crippen LogP contribution in [-0.2, 0) is 9.53 Å². The summed E-state index contributed by atoms with van der Waals surface area (Å²) in [6.45, 7) is 1.61. The molecule has 0 saturated heterocycles. The molecule has 1 N–H and O–H groups in total. The third-order valence-corrected chi connectivity index (χ3v) is 4.17. The third kappa shape index (κ3) is 4.42. The number of rotatable bonds is 4. The highest BCUT2D eigenvalue weighted by Crippen LogP contribution is 2.23. The van der Waals surface area contributed by atoms with Crippen molar-refractivity contribution in [3.8, 4) is 0 Å². The van der Waals surface area contributed by atoms with E-state index in [1.165, 1.54) is 0 Å². The number of ether oxygens (including phenoxy) is 1. The second-order valence-corrected chi connectivity index (χ2v) is 6.30. The largest absolute Gasteiger partial charge is 0.452 e. The molecule has 0 bridgehead atoms. The summed E-state index contributed by atoms with van der Waals surface area (Å²) in [4.78, 5) is 23.7. The maximum Gasteiger partial charge on any atom is 0.339 e. The van der Waals surface area contributed by atoms with Gasteiger partial charge in [-0.3, -0.25) is 4.79 Å². The Morgan fingerprint density at radius 1 is 1.09 bits per heavy atom. The summed E-state index contributed by atoms with van der Waals surface area (Å²) in [5, 5.41) is 2.68. The lowest BCUT2D eigenvalue weighted by molar-refractivity contribution is -0.119. The van der Waals surface area contributed by atoms with Crippen LogP contribution in [0.4, 0.5) is 5.69 Å². The standard InChI is InChI=1S/C16H13Br2NO3/c1-10-6-7-14(13(18)8-10)19-15(20)9-22-16(21)11-4-2-3-5-12(11)17/h2-8H,9H2,1H3,(H,19,20). The molecule has 0 heterocycles. The van der Waals surface area contributed by atoms with Crippen LogP contribution in [0.3, 0.4) is 0 Å². The molecule has 0 unspecified atom stereocenters. The number of benzene rings is 2. The summed E-state index contributed by atoms with van der Waals surface area (Å²) in [5.74, 6) is -0.949. The molecular weight excluding hydrogens is 414 g/mol. The van der Waals surface area contributed by atoms with E-state index in [0.29, 0.717) is 15.7 Å². The molecule has 0 spiro atoms. The number of hydrogen-bond acceptors (Lipinski definition) is 3. The Bertz CT molecular complexity index is 716. The minimum absolute atomic E-state index is 0.347. The molecule has 0 aromatic heterocycles. The van der Waals surface area contributed by atoms with E-state index < -0.39 is 11.9 Å². The first-order chi connectivity index (χ1) is 10.5. The van der Waals surface area contributed by atoms with E-state index in [-0.39, 0.29) is 6.61 Å². The molecule has 0 aliphatic rings. The van der Waals surface area contributed by atoms with Crippen molar-refractivity contribution >= 4 is 49.4 Å². The van der Waals surface area contributed by atoms with Gasteiger partial charge in [-0.05, 0) is 68.6 Å². The normalized spacial score (nSPS) is 10.1. The zero-order valence-electron chi connectivity index (χ0n) is 11.7. The van der Waals surface area contributed by atoms with Crippen LogP contribution >= 0.6 is 31.9 Å². The molecule has 0 atom stereocenters. The van der Waals surface area contributed by atoms with E-state index in [2.05, 4.69) is 37.2 Å². The predicted octanol–water partition coefficient (Wildman–Crippen LogP) is 4.32. The van der Waals surface area contributed by atoms with Crippen LogP contribution in [0.25, 0.3) is 0 Å². The van der Waals surface area contributed by atoms with Gasteiger partial charge in [0.1, 0.15) is 0 Å². The molecule has 0 saturated carbocycles. The van der Waals surface area contributed by atoms with Gasteiger partial charge in [-0.15, -0.1) is 0 Å². The molecule has 2 aromatic carbocycles. The first-order valence-electron chi connectivity index (χ1n) is 6.45. The molecule has 2 rings (SSSR count). The molecule has 2 aromatic rings. The average molecular weight is 427 g/mol. The number of anilines is 1. The smallest absolute Gasteiger partial charge is 0.339 e. The minimum Gasteiger partial charge on any atom is -0.452 e. The van der Waals surface area contributed by atoms with Crippen LogP contribution in [-0.4, -0.2) is 18.5 Å². The fourth-order valence-corrected chi connectivity index (χ4v) is 2.78. The molecule has 0 aliphatic heterocycles. The minimum atomic E-state index is -0.550. The zero-order valence-corrected chi connectivity index (χ0v) is 14.9. The molecule has 0 radical (unpaired) electrons. The van der Waals surface area contributed by atoms with Crippen molar-refractivity contribution in [2.75, 3.05) is 11.9 Å². The van der Waals surface area contributed by atoms with Gasteiger partial charge in [0.2, 0.25) is 0 Å². The molecule has 4 nitrogen and oxygen atoms in total. The molecule has 0 aliphatic carbocycles. The Kier molecular flexibility index (Phi) is 5.74. The lowest BCUT2D eigenvalue weighted by Gasteiger charge is -2.09. The predicted molar refractivity (Wildman–Crippen MR) is 91.9 cm³/mol. The number of halogens is 2. The molecular formula is C16H13Br2NO3. The molecule has 1 amide bonds. The lowest BCUT2D eigenvalue weighted by Crippen LogP contribution is -2.21. The van der Waals surface area contributed by atoms with Gasteiger partial charge in [0.15, 0.2) is 6.61 Å². The van der Waals surface area contributed by atoms with Gasteiger partial charge in [0.05, 0.1) is 11.3 Å². The summed E-state index contributed by atoms with van der Waals surface area (Å²) in [7, 11) is 0. The molecule has 6 heteroatoms. The number of aryl methyl sites for hydroxylation is 1. The van der Waals surface area contributed by atoms with Crippen molar-refractivity contribution in [1.29, 1.82) is 0 Å². The van der Waals surface area contributed by atoms with E-state index in [4.69, 9.17) is 4.74 Å². The highest BCUT2D eigenvalue weighted by Gasteiger charge is 2.13. The van der Waals surface area contributed by atoms with Crippen molar-refractivity contribution < 1.29 is 14.3 Å². The van der Waals surface area contributed by atoms with Crippen molar-refractivity contribution in [2.45, 2.75) is 6.92 Å². The maximum absolute atomic E-state index is 11.9. The van der Waals surface area contributed by atoms with Gasteiger partial charge >= 0.3 is 5.97 Å². The molecule has 0 fully saturated rings. The van der Waals surface area contributed by atoms with Crippen LogP contribution in [0.5, 0.6) is 0 Å². The quantitative estimate of drug-likeness (QED) is 0.741. The van der Waals surface area contributed by atoms with E-state index >= 15 is 0 Å². The number of hydrogen-bond donors (Lipinski definition) is 1. The topological polar surface area (TPSA) is 55.4 Å². The monoisotopic (exact) mass is 425 g/mol. The fourth-order valence-electron chi connectivity index (χ4n) is 1.74. The lowest BCUT2D eigenvalue weighted by atomic mass is 10.2. The first-order valence-corrected chi connectivity index (χ1v) is 8.03. The van der Waals surface area contributed by atoms with Crippen LogP contribution in [0.15, 0.2) is 51.4 Å². The Balaban J connectivity index is 1.93. The van der Waals surface area contributed by atoms with Crippen molar-refractivity contribution in [3.05, 3.63) is 62.5 Å². The summed E-state index contributed by atoms with van der Waals surface area (Å²) in [6, 6.07) is 12.4. The van der Waals surface area contributed by atoms with Gasteiger partial charge < -0.3 is 10.1 Å². The third-order valence-electron chi connectivity index (χ3n) is 2.83. The van der Waals surface area contributed by atoms with E-state index in [9.17, 15) is 9.59 Å².